The number of rotatable bonds is 6. The highest BCUT2D eigenvalue weighted by molar-refractivity contribution is 7.99. The van der Waals surface area contributed by atoms with Gasteiger partial charge in [0.15, 0.2) is 0 Å². The quantitative estimate of drug-likeness (QED) is 0.813. The SMILES string of the molecule is CCSc1cccc(OCC2CCCO2)c1C(=O)O. The van der Waals surface area contributed by atoms with E-state index in [1.54, 1.807) is 6.07 Å². The molecular weight excluding hydrogens is 264 g/mol. The van der Waals surface area contributed by atoms with Crippen LogP contribution in [0.1, 0.15) is 30.1 Å². The largest absolute Gasteiger partial charge is 0.490 e. The van der Waals surface area contributed by atoms with E-state index < -0.39 is 5.97 Å². The Kier molecular flexibility index (Phi) is 5.10. The van der Waals surface area contributed by atoms with E-state index >= 15 is 0 Å². The van der Waals surface area contributed by atoms with Crippen LogP contribution in [0.15, 0.2) is 23.1 Å². The molecule has 1 heterocycles. The van der Waals surface area contributed by atoms with Gasteiger partial charge in [-0.1, -0.05) is 13.0 Å². The standard InChI is InChI=1S/C14H18O4S/c1-2-19-12-7-3-6-11(13(12)14(15)16)18-9-10-5-4-8-17-10/h3,6-7,10H,2,4-5,8-9H2,1H3,(H,15,16). The van der Waals surface area contributed by atoms with Crippen LogP contribution in [0.3, 0.4) is 0 Å². The molecular formula is C14H18O4S. The van der Waals surface area contributed by atoms with E-state index in [4.69, 9.17) is 9.47 Å². The summed E-state index contributed by atoms with van der Waals surface area (Å²) >= 11 is 1.51. The minimum Gasteiger partial charge on any atom is -0.490 e. The van der Waals surface area contributed by atoms with Crippen molar-refractivity contribution in [2.45, 2.75) is 30.8 Å². The molecule has 1 aromatic rings. The number of carboxylic acid groups (broad SMARTS) is 1. The third-order valence-corrected chi connectivity index (χ3v) is 3.89. The second kappa shape index (κ2) is 6.82. The van der Waals surface area contributed by atoms with E-state index in [9.17, 15) is 9.90 Å². The highest BCUT2D eigenvalue weighted by Gasteiger charge is 2.20. The van der Waals surface area contributed by atoms with Crippen molar-refractivity contribution in [3.05, 3.63) is 23.8 Å². The first-order valence-electron chi connectivity index (χ1n) is 6.46. The minimum absolute atomic E-state index is 0.0872. The number of ether oxygens (including phenoxy) is 2. The number of thioether (sulfide) groups is 1. The lowest BCUT2D eigenvalue weighted by molar-refractivity contribution is 0.0626. The van der Waals surface area contributed by atoms with Crippen LogP contribution in [0, 0.1) is 0 Å². The average Bonchev–Trinajstić information content (AvgIpc) is 2.89. The van der Waals surface area contributed by atoms with Gasteiger partial charge in [-0.05, 0) is 30.7 Å². The number of benzene rings is 1. The lowest BCUT2D eigenvalue weighted by Gasteiger charge is -2.15. The Hall–Kier alpha value is -1.20. The first-order chi connectivity index (χ1) is 9.22. The summed E-state index contributed by atoms with van der Waals surface area (Å²) in [4.78, 5) is 12.1. The van der Waals surface area contributed by atoms with Crippen LogP contribution in [0.5, 0.6) is 5.75 Å². The Morgan fingerprint density at radius 3 is 3.05 bits per heavy atom. The summed E-state index contributed by atoms with van der Waals surface area (Å²) in [5.74, 6) is 0.315. The number of aromatic carboxylic acids is 1. The molecule has 1 aliphatic rings. The summed E-state index contributed by atoms with van der Waals surface area (Å²) in [6, 6.07) is 5.35. The van der Waals surface area contributed by atoms with Crippen molar-refractivity contribution in [2.75, 3.05) is 19.0 Å². The van der Waals surface area contributed by atoms with Crippen LogP contribution >= 0.6 is 11.8 Å². The molecule has 0 spiro atoms. The Bertz CT molecular complexity index is 441. The molecule has 0 aromatic heterocycles. The summed E-state index contributed by atoms with van der Waals surface area (Å²) in [6.07, 6.45) is 2.11. The summed E-state index contributed by atoms with van der Waals surface area (Å²) < 4.78 is 11.1. The zero-order valence-electron chi connectivity index (χ0n) is 10.9. The maximum absolute atomic E-state index is 11.4. The molecule has 1 N–H and O–H groups in total. The summed E-state index contributed by atoms with van der Waals surface area (Å²) in [5.41, 5.74) is 0.257. The van der Waals surface area contributed by atoms with E-state index in [1.165, 1.54) is 11.8 Å². The molecule has 0 radical (unpaired) electrons. The Morgan fingerprint density at radius 2 is 2.42 bits per heavy atom. The molecule has 1 fully saturated rings. The van der Waals surface area contributed by atoms with E-state index in [0.29, 0.717) is 12.4 Å². The number of carbonyl (C=O) groups is 1. The smallest absolute Gasteiger partial charge is 0.340 e. The van der Waals surface area contributed by atoms with Gasteiger partial charge >= 0.3 is 5.97 Å². The van der Waals surface area contributed by atoms with Crippen molar-refractivity contribution in [1.82, 2.24) is 0 Å². The van der Waals surface area contributed by atoms with Gasteiger partial charge in [0.1, 0.15) is 17.9 Å². The highest BCUT2D eigenvalue weighted by atomic mass is 32.2. The molecule has 0 saturated carbocycles. The van der Waals surface area contributed by atoms with Crippen LogP contribution in [-0.2, 0) is 4.74 Å². The van der Waals surface area contributed by atoms with E-state index in [-0.39, 0.29) is 11.7 Å². The second-order valence-electron chi connectivity index (χ2n) is 4.31. The van der Waals surface area contributed by atoms with Gasteiger partial charge in [0.2, 0.25) is 0 Å². The molecule has 4 nitrogen and oxygen atoms in total. The van der Waals surface area contributed by atoms with Crippen molar-refractivity contribution in [1.29, 1.82) is 0 Å². The van der Waals surface area contributed by atoms with Gasteiger partial charge in [-0.25, -0.2) is 4.79 Å². The first kappa shape index (κ1) is 14.2. The predicted molar refractivity (Wildman–Crippen MR) is 74.3 cm³/mol. The van der Waals surface area contributed by atoms with Crippen molar-refractivity contribution < 1.29 is 19.4 Å². The summed E-state index contributed by atoms with van der Waals surface area (Å²) in [5, 5.41) is 9.34. The number of hydrogen-bond acceptors (Lipinski definition) is 4. The third kappa shape index (κ3) is 3.64. The Balaban J connectivity index is 2.13. The van der Waals surface area contributed by atoms with Crippen LogP contribution in [0.2, 0.25) is 0 Å². The normalized spacial score (nSPS) is 18.5. The van der Waals surface area contributed by atoms with Gasteiger partial charge < -0.3 is 14.6 Å². The van der Waals surface area contributed by atoms with Crippen LogP contribution in [-0.4, -0.2) is 36.1 Å². The van der Waals surface area contributed by atoms with E-state index in [0.717, 1.165) is 30.1 Å². The topological polar surface area (TPSA) is 55.8 Å². The number of carboxylic acids is 1. The van der Waals surface area contributed by atoms with Crippen molar-refractivity contribution in [2.24, 2.45) is 0 Å². The maximum Gasteiger partial charge on any atom is 0.340 e. The molecule has 1 aliphatic heterocycles. The molecule has 1 unspecified atom stereocenters. The molecule has 19 heavy (non-hydrogen) atoms. The van der Waals surface area contributed by atoms with Gasteiger partial charge in [-0.3, -0.25) is 0 Å². The zero-order valence-corrected chi connectivity index (χ0v) is 11.7. The van der Waals surface area contributed by atoms with Crippen molar-refractivity contribution >= 4 is 17.7 Å². The molecule has 0 aliphatic carbocycles. The van der Waals surface area contributed by atoms with E-state index in [1.807, 2.05) is 19.1 Å². The zero-order chi connectivity index (χ0) is 13.7. The fraction of sp³-hybridized carbons (Fsp3) is 0.500. The molecule has 1 aromatic carbocycles. The lowest BCUT2D eigenvalue weighted by atomic mass is 10.2. The van der Waals surface area contributed by atoms with Crippen LogP contribution in [0.25, 0.3) is 0 Å². The van der Waals surface area contributed by atoms with Gasteiger partial charge in [0.25, 0.3) is 0 Å². The summed E-state index contributed by atoms with van der Waals surface area (Å²) in [7, 11) is 0. The Morgan fingerprint density at radius 1 is 1.58 bits per heavy atom. The molecule has 0 amide bonds. The van der Waals surface area contributed by atoms with Crippen molar-refractivity contribution in [3.63, 3.8) is 0 Å². The molecule has 0 bridgehead atoms. The lowest BCUT2D eigenvalue weighted by Crippen LogP contribution is -2.17. The van der Waals surface area contributed by atoms with Crippen molar-refractivity contribution in [3.8, 4) is 5.75 Å². The van der Waals surface area contributed by atoms with Gasteiger partial charge in [0.05, 0.1) is 6.10 Å². The van der Waals surface area contributed by atoms with Crippen LogP contribution < -0.4 is 4.74 Å². The summed E-state index contributed by atoms with van der Waals surface area (Å²) in [6.45, 7) is 3.18. The average molecular weight is 282 g/mol. The molecule has 1 atom stereocenters. The number of hydrogen-bond donors (Lipinski definition) is 1. The Labute approximate surface area is 117 Å². The molecule has 1 saturated heterocycles. The maximum atomic E-state index is 11.4. The fourth-order valence-corrected chi connectivity index (χ4v) is 2.89. The van der Waals surface area contributed by atoms with Gasteiger partial charge in [-0.2, -0.15) is 0 Å². The highest BCUT2D eigenvalue weighted by Crippen LogP contribution is 2.30. The third-order valence-electron chi connectivity index (χ3n) is 2.95. The van der Waals surface area contributed by atoms with Gasteiger partial charge in [-0.15, -0.1) is 11.8 Å². The first-order valence-corrected chi connectivity index (χ1v) is 7.44. The monoisotopic (exact) mass is 282 g/mol. The fourth-order valence-electron chi connectivity index (χ4n) is 2.08. The van der Waals surface area contributed by atoms with E-state index in [2.05, 4.69) is 0 Å². The predicted octanol–water partition coefficient (Wildman–Crippen LogP) is 3.05. The van der Waals surface area contributed by atoms with Gasteiger partial charge in [0, 0.05) is 11.5 Å². The molecule has 5 heteroatoms. The molecule has 2 rings (SSSR count). The molecule has 104 valence electrons. The minimum atomic E-state index is -0.945. The van der Waals surface area contributed by atoms with Crippen LogP contribution in [0.4, 0.5) is 0 Å². The second-order valence-corrected chi connectivity index (χ2v) is 5.62.